The summed E-state index contributed by atoms with van der Waals surface area (Å²) in [6.07, 6.45) is 1.62. The Morgan fingerprint density at radius 2 is 2.15 bits per heavy atom. The number of thiazole rings is 1. The lowest BCUT2D eigenvalue weighted by Gasteiger charge is -2.25. The summed E-state index contributed by atoms with van der Waals surface area (Å²) in [7, 11) is 0. The van der Waals surface area contributed by atoms with Gasteiger partial charge in [0, 0.05) is 31.2 Å². The van der Waals surface area contributed by atoms with Gasteiger partial charge in [0.15, 0.2) is 10.8 Å². The van der Waals surface area contributed by atoms with Crippen molar-refractivity contribution >= 4 is 22.4 Å². The Morgan fingerprint density at radius 3 is 2.96 bits per heavy atom. The van der Waals surface area contributed by atoms with Gasteiger partial charge in [-0.1, -0.05) is 6.07 Å². The van der Waals surface area contributed by atoms with Gasteiger partial charge < -0.3 is 4.74 Å². The number of anilines is 1. The smallest absolute Gasteiger partial charge is 0.277 e. The van der Waals surface area contributed by atoms with Gasteiger partial charge in [-0.2, -0.15) is 5.10 Å². The van der Waals surface area contributed by atoms with Crippen LogP contribution in [0.1, 0.15) is 16.2 Å². The first-order chi connectivity index (χ1) is 13.2. The van der Waals surface area contributed by atoms with Gasteiger partial charge in [-0.15, -0.1) is 11.3 Å². The van der Waals surface area contributed by atoms with Crippen LogP contribution in [0.15, 0.2) is 41.9 Å². The molecule has 0 radical (unpaired) electrons. The molecule has 7 nitrogen and oxygen atoms in total. The molecule has 0 spiro atoms. The van der Waals surface area contributed by atoms with Gasteiger partial charge in [-0.3, -0.25) is 15.0 Å². The summed E-state index contributed by atoms with van der Waals surface area (Å²) < 4.78 is 20.1. The topological polar surface area (TPSA) is 72.3 Å². The van der Waals surface area contributed by atoms with Crippen LogP contribution in [0.3, 0.4) is 0 Å². The number of morpholine rings is 1. The molecule has 1 saturated heterocycles. The number of halogens is 1. The van der Waals surface area contributed by atoms with E-state index in [-0.39, 0.29) is 17.4 Å². The Labute approximate surface area is 159 Å². The molecule has 0 bridgehead atoms. The van der Waals surface area contributed by atoms with Crippen LogP contribution >= 0.6 is 11.3 Å². The Bertz CT molecular complexity index is 935. The fourth-order valence-corrected chi connectivity index (χ4v) is 3.49. The summed E-state index contributed by atoms with van der Waals surface area (Å²) in [4.78, 5) is 19.1. The maximum absolute atomic E-state index is 13.3. The van der Waals surface area contributed by atoms with Crippen LogP contribution in [0, 0.1) is 5.82 Å². The number of rotatable bonds is 5. The van der Waals surface area contributed by atoms with Crippen LogP contribution in [-0.2, 0) is 11.3 Å². The van der Waals surface area contributed by atoms with E-state index in [1.54, 1.807) is 24.4 Å². The molecule has 3 aromatic rings. The Kier molecular flexibility index (Phi) is 5.23. The molecular formula is C18H18FN5O2S. The first-order valence-corrected chi connectivity index (χ1v) is 9.43. The first kappa shape index (κ1) is 17.8. The Balaban J connectivity index is 1.39. The van der Waals surface area contributed by atoms with Crippen molar-refractivity contribution < 1.29 is 13.9 Å². The second-order valence-electron chi connectivity index (χ2n) is 6.11. The molecule has 1 aliphatic heterocycles. The molecule has 140 valence electrons. The molecule has 9 heteroatoms. The van der Waals surface area contributed by atoms with E-state index in [1.807, 2.05) is 5.38 Å². The van der Waals surface area contributed by atoms with Gasteiger partial charge in [0.25, 0.3) is 5.91 Å². The minimum Gasteiger partial charge on any atom is -0.379 e. The second kappa shape index (κ2) is 7.95. The highest BCUT2D eigenvalue weighted by molar-refractivity contribution is 7.13. The van der Waals surface area contributed by atoms with Gasteiger partial charge in [-0.25, -0.2) is 14.1 Å². The maximum atomic E-state index is 13.3. The quantitative estimate of drug-likeness (QED) is 0.729. The Hall–Kier alpha value is -2.62. The van der Waals surface area contributed by atoms with Crippen molar-refractivity contribution in [1.82, 2.24) is 19.7 Å². The number of amides is 1. The molecule has 1 N–H and O–H groups in total. The van der Waals surface area contributed by atoms with E-state index < -0.39 is 0 Å². The van der Waals surface area contributed by atoms with Crippen LogP contribution in [0.2, 0.25) is 0 Å². The number of hydrogen-bond donors (Lipinski definition) is 1. The van der Waals surface area contributed by atoms with Crippen molar-refractivity contribution in [3.8, 4) is 5.69 Å². The first-order valence-electron chi connectivity index (χ1n) is 8.55. The molecule has 0 saturated carbocycles. The van der Waals surface area contributed by atoms with Crippen LogP contribution in [0.5, 0.6) is 0 Å². The van der Waals surface area contributed by atoms with Crippen molar-refractivity contribution in [2.45, 2.75) is 6.54 Å². The molecule has 0 atom stereocenters. The lowest BCUT2D eigenvalue weighted by molar-refractivity contribution is 0.0337. The molecule has 0 aliphatic carbocycles. The largest absolute Gasteiger partial charge is 0.379 e. The van der Waals surface area contributed by atoms with Crippen LogP contribution in [0.25, 0.3) is 5.69 Å². The third-order valence-corrected chi connectivity index (χ3v) is 4.96. The van der Waals surface area contributed by atoms with Crippen molar-refractivity contribution in [3.05, 3.63) is 59.1 Å². The number of carbonyl (C=O) groups is 1. The van der Waals surface area contributed by atoms with Crippen molar-refractivity contribution in [3.63, 3.8) is 0 Å². The normalized spacial score (nSPS) is 15.0. The molecule has 4 rings (SSSR count). The third-order valence-electron chi connectivity index (χ3n) is 4.16. The number of benzene rings is 1. The third kappa shape index (κ3) is 4.38. The average Bonchev–Trinajstić information content (AvgIpc) is 3.32. The minimum absolute atomic E-state index is 0.240. The number of hydrogen-bond acceptors (Lipinski definition) is 6. The summed E-state index contributed by atoms with van der Waals surface area (Å²) in [6, 6.07) is 7.61. The lowest BCUT2D eigenvalue weighted by atomic mass is 10.3. The number of nitrogens with one attached hydrogen (secondary N) is 1. The predicted molar refractivity (Wildman–Crippen MR) is 99.7 cm³/mol. The van der Waals surface area contributed by atoms with Crippen molar-refractivity contribution in [2.24, 2.45) is 0 Å². The zero-order valence-electron chi connectivity index (χ0n) is 14.5. The molecule has 27 heavy (non-hydrogen) atoms. The van der Waals surface area contributed by atoms with E-state index in [1.165, 1.54) is 28.2 Å². The van der Waals surface area contributed by atoms with Gasteiger partial charge in [0.05, 0.1) is 24.6 Å². The van der Waals surface area contributed by atoms with E-state index in [0.717, 1.165) is 38.5 Å². The molecular weight excluding hydrogens is 369 g/mol. The second-order valence-corrected chi connectivity index (χ2v) is 6.97. The van der Waals surface area contributed by atoms with Crippen LogP contribution in [0.4, 0.5) is 9.52 Å². The number of nitrogens with zero attached hydrogens (tertiary/aromatic N) is 4. The SMILES string of the molecule is O=C(Nc1nc(CN2CCOCC2)cs1)c1ccn(-c2cccc(F)c2)n1. The van der Waals surface area contributed by atoms with Crippen molar-refractivity contribution in [1.29, 1.82) is 0 Å². The standard InChI is InChI=1S/C18H18FN5O2S/c19-13-2-1-3-15(10-13)24-5-4-16(22-24)17(25)21-18-20-14(12-27-18)11-23-6-8-26-9-7-23/h1-5,10,12H,6-9,11H2,(H,20,21,25). The fourth-order valence-electron chi connectivity index (χ4n) is 2.79. The van der Waals surface area contributed by atoms with Gasteiger partial charge in [-0.05, 0) is 24.3 Å². The zero-order chi connectivity index (χ0) is 18.6. The van der Waals surface area contributed by atoms with Gasteiger partial charge in [0.2, 0.25) is 0 Å². The van der Waals surface area contributed by atoms with Gasteiger partial charge >= 0.3 is 0 Å². The molecule has 1 aromatic carbocycles. The predicted octanol–water partition coefficient (Wildman–Crippen LogP) is 2.55. The van der Waals surface area contributed by atoms with E-state index >= 15 is 0 Å². The van der Waals surface area contributed by atoms with E-state index in [9.17, 15) is 9.18 Å². The molecule has 3 heterocycles. The number of carbonyl (C=O) groups excluding carboxylic acids is 1. The Morgan fingerprint density at radius 1 is 1.30 bits per heavy atom. The number of aromatic nitrogens is 3. The monoisotopic (exact) mass is 387 g/mol. The maximum Gasteiger partial charge on any atom is 0.277 e. The molecule has 1 amide bonds. The highest BCUT2D eigenvalue weighted by Crippen LogP contribution is 2.18. The number of ether oxygens (including phenoxy) is 1. The fraction of sp³-hybridized carbons (Fsp3) is 0.278. The summed E-state index contributed by atoms with van der Waals surface area (Å²) in [5.74, 6) is -0.706. The highest BCUT2D eigenvalue weighted by atomic mass is 32.1. The minimum atomic E-state index is -0.357. The zero-order valence-corrected chi connectivity index (χ0v) is 15.3. The lowest BCUT2D eigenvalue weighted by Crippen LogP contribution is -2.35. The summed E-state index contributed by atoms with van der Waals surface area (Å²) in [5.41, 5.74) is 1.71. The summed E-state index contributed by atoms with van der Waals surface area (Å²) in [5, 5.41) is 9.45. The summed E-state index contributed by atoms with van der Waals surface area (Å²) >= 11 is 1.38. The highest BCUT2D eigenvalue weighted by Gasteiger charge is 2.15. The molecule has 1 fully saturated rings. The van der Waals surface area contributed by atoms with E-state index in [2.05, 4.69) is 20.3 Å². The average molecular weight is 387 g/mol. The van der Waals surface area contributed by atoms with E-state index in [4.69, 9.17) is 4.74 Å². The molecule has 0 unspecified atom stereocenters. The molecule has 1 aliphatic rings. The summed E-state index contributed by atoms with van der Waals surface area (Å²) in [6.45, 7) is 3.99. The molecule has 2 aromatic heterocycles. The van der Waals surface area contributed by atoms with E-state index in [0.29, 0.717) is 10.8 Å². The van der Waals surface area contributed by atoms with Crippen LogP contribution in [-0.4, -0.2) is 51.9 Å². The van der Waals surface area contributed by atoms with Crippen molar-refractivity contribution in [2.75, 3.05) is 31.6 Å². The van der Waals surface area contributed by atoms with Gasteiger partial charge in [0.1, 0.15) is 5.82 Å². The van der Waals surface area contributed by atoms with Crippen LogP contribution < -0.4 is 5.32 Å².